The average molecular weight is 476 g/mol. The number of nitrogens with zero attached hydrogens (tertiary/aromatic N) is 1. The van der Waals surface area contributed by atoms with Crippen LogP contribution in [0.15, 0.2) is 47.4 Å². The molecule has 1 heterocycles. The van der Waals surface area contributed by atoms with Gasteiger partial charge >= 0.3 is 0 Å². The van der Waals surface area contributed by atoms with E-state index >= 15 is 0 Å². The average Bonchev–Trinajstić information content (AvgIpc) is 3.53. The van der Waals surface area contributed by atoms with Crippen LogP contribution in [0, 0.1) is 0 Å². The summed E-state index contributed by atoms with van der Waals surface area (Å²) in [6.07, 6.45) is 1.62. The second-order valence-electron chi connectivity index (χ2n) is 7.45. The van der Waals surface area contributed by atoms with Crippen LogP contribution in [0.3, 0.4) is 0 Å². The topological polar surface area (TPSA) is 122 Å². The van der Waals surface area contributed by atoms with Crippen molar-refractivity contribution in [3.63, 3.8) is 0 Å². The first-order chi connectivity index (χ1) is 15.3. The molecule has 32 heavy (non-hydrogen) atoms. The van der Waals surface area contributed by atoms with Gasteiger partial charge in [-0.25, -0.2) is 13.1 Å². The maximum Gasteiger partial charge on any atom is 0.289 e. The van der Waals surface area contributed by atoms with Crippen LogP contribution in [0.2, 0.25) is 0 Å². The van der Waals surface area contributed by atoms with Crippen LogP contribution >= 0.6 is 11.8 Å². The number of imide groups is 1. The molecular formula is C21H21N3O6S2. The summed E-state index contributed by atoms with van der Waals surface area (Å²) in [5.41, 5.74) is 1.13. The third-order valence-electron chi connectivity index (χ3n) is 5.00. The highest BCUT2D eigenvalue weighted by Crippen LogP contribution is 2.30. The fraction of sp³-hybridized carbons (Fsp3) is 0.286. The summed E-state index contributed by atoms with van der Waals surface area (Å²) < 4.78 is 32.9. The SMILES string of the molecule is COc1ccc(S(=O)(=O)NC2CC2)cc1NC(=O)c1cccc(CN2C(=O)CSC2=O)c1. The molecule has 3 amide bonds. The zero-order valence-electron chi connectivity index (χ0n) is 17.2. The third kappa shape index (κ3) is 4.95. The molecule has 1 saturated heterocycles. The Hall–Kier alpha value is -2.89. The van der Waals surface area contributed by atoms with Crippen LogP contribution in [-0.2, 0) is 21.4 Å². The third-order valence-corrected chi connectivity index (χ3v) is 7.38. The summed E-state index contributed by atoms with van der Waals surface area (Å²) in [5, 5.41) is 2.38. The molecule has 1 aliphatic heterocycles. The van der Waals surface area contributed by atoms with Crippen molar-refractivity contribution in [3.8, 4) is 5.75 Å². The first-order valence-corrected chi connectivity index (χ1v) is 12.3. The van der Waals surface area contributed by atoms with Crippen molar-refractivity contribution in [3.05, 3.63) is 53.6 Å². The Morgan fingerprint density at radius 2 is 1.97 bits per heavy atom. The van der Waals surface area contributed by atoms with E-state index in [2.05, 4.69) is 10.0 Å². The highest BCUT2D eigenvalue weighted by atomic mass is 32.2. The lowest BCUT2D eigenvalue weighted by Crippen LogP contribution is -2.28. The zero-order chi connectivity index (χ0) is 22.9. The number of benzene rings is 2. The number of nitrogens with one attached hydrogen (secondary N) is 2. The quantitative estimate of drug-likeness (QED) is 0.602. The van der Waals surface area contributed by atoms with Gasteiger partial charge in [-0.3, -0.25) is 19.3 Å². The predicted octanol–water partition coefficient (Wildman–Crippen LogP) is 2.58. The number of ether oxygens (including phenoxy) is 1. The highest BCUT2D eigenvalue weighted by molar-refractivity contribution is 8.14. The molecule has 2 N–H and O–H groups in total. The monoisotopic (exact) mass is 475 g/mol. The van der Waals surface area contributed by atoms with E-state index in [0.717, 1.165) is 29.5 Å². The fourth-order valence-electron chi connectivity index (χ4n) is 3.16. The van der Waals surface area contributed by atoms with Gasteiger partial charge in [0.2, 0.25) is 15.9 Å². The molecule has 0 unspecified atom stereocenters. The molecule has 2 fully saturated rings. The molecule has 2 aromatic rings. The number of methoxy groups -OCH3 is 1. The Bertz CT molecular complexity index is 1180. The van der Waals surface area contributed by atoms with Crippen molar-refractivity contribution in [2.45, 2.75) is 30.3 Å². The smallest absolute Gasteiger partial charge is 0.289 e. The number of thioether (sulfide) groups is 1. The molecule has 11 heteroatoms. The standard InChI is InChI=1S/C21H21N3O6S2/c1-30-18-8-7-16(32(28,29)23-15-5-6-15)10-17(18)22-20(26)14-4-2-3-13(9-14)11-24-19(25)12-31-21(24)27/h2-4,7-10,15,23H,5-6,11-12H2,1H3,(H,22,26). The van der Waals surface area contributed by atoms with Crippen molar-refractivity contribution < 1.29 is 27.5 Å². The number of hydrogen-bond donors (Lipinski definition) is 2. The van der Waals surface area contributed by atoms with Crippen molar-refractivity contribution in [2.75, 3.05) is 18.2 Å². The van der Waals surface area contributed by atoms with Crippen LogP contribution in [0.1, 0.15) is 28.8 Å². The van der Waals surface area contributed by atoms with Gasteiger partial charge in [-0.1, -0.05) is 23.9 Å². The van der Waals surface area contributed by atoms with Crippen molar-refractivity contribution in [1.82, 2.24) is 9.62 Å². The minimum absolute atomic E-state index is 0.0257. The van der Waals surface area contributed by atoms with Crippen LogP contribution in [0.5, 0.6) is 5.75 Å². The number of sulfonamides is 1. The van der Waals surface area contributed by atoms with Gasteiger partial charge < -0.3 is 10.1 Å². The van der Waals surface area contributed by atoms with E-state index in [0.29, 0.717) is 16.9 Å². The first-order valence-electron chi connectivity index (χ1n) is 9.84. The van der Waals surface area contributed by atoms with Gasteiger partial charge in [0.25, 0.3) is 11.1 Å². The fourth-order valence-corrected chi connectivity index (χ4v) is 5.22. The summed E-state index contributed by atoms with van der Waals surface area (Å²) in [6.45, 7) is 0.0790. The van der Waals surface area contributed by atoms with Gasteiger partial charge in [0.05, 0.1) is 30.0 Å². The number of amides is 3. The summed E-state index contributed by atoms with van der Waals surface area (Å²) in [4.78, 5) is 37.7. The Morgan fingerprint density at radius 1 is 1.19 bits per heavy atom. The minimum Gasteiger partial charge on any atom is -0.495 e. The van der Waals surface area contributed by atoms with Gasteiger partial charge in [-0.05, 0) is 48.7 Å². The Morgan fingerprint density at radius 3 is 2.62 bits per heavy atom. The van der Waals surface area contributed by atoms with Gasteiger partial charge in [-0.2, -0.15) is 0 Å². The molecule has 1 aliphatic carbocycles. The molecule has 0 bridgehead atoms. The minimum atomic E-state index is -3.70. The summed E-state index contributed by atoms with van der Waals surface area (Å²) in [7, 11) is -2.28. The van der Waals surface area contributed by atoms with Gasteiger partial charge in [0.1, 0.15) is 5.75 Å². The van der Waals surface area contributed by atoms with E-state index in [1.165, 1.54) is 25.3 Å². The second-order valence-corrected chi connectivity index (χ2v) is 10.1. The number of anilines is 1. The second kappa shape index (κ2) is 8.93. The largest absolute Gasteiger partial charge is 0.495 e. The van der Waals surface area contributed by atoms with E-state index < -0.39 is 15.9 Å². The van der Waals surface area contributed by atoms with E-state index in [-0.39, 0.29) is 40.1 Å². The molecule has 4 rings (SSSR count). The predicted molar refractivity (Wildman–Crippen MR) is 119 cm³/mol. The van der Waals surface area contributed by atoms with Crippen LogP contribution in [-0.4, -0.2) is 49.3 Å². The maximum atomic E-state index is 12.9. The molecule has 0 radical (unpaired) electrons. The molecular weight excluding hydrogens is 454 g/mol. The van der Waals surface area contributed by atoms with Crippen molar-refractivity contribution in [2.24, 2.45) is 0 Å². The molecule has 168 valence electrons. The Kier molecular flexibility index (Phi) is 6.22. The molecule has 9 nitrogen and oxygen atoms in total. The normalized spacial score (nSPS) is 16.3. The lowest BCUT2D eigenvalue weighted by molar-refractivity contribution is -0.125. The summed E-state index contributed by atoms with van der Waals surface area (Å²) >= 11 is 0.950. The molecule has 1 saturated carbocycles. The molecule has 0 spiro atoms. The van der Waals surface area contributed by atoms with E-state index in [1.807, 2.05) is 0 Å². The number of carbonyl (C=O) groups is 3. The van der Waals surface area contributed by atoms with E-state index in [4.69, 9.17) is 4.74 Å². The highest BCUT2D eigenvalue weighted by Gasteiger charge is 2.30. The van der Waals surface area contributed by atoms with E-state index in [9.17, 15) is 22.8 Å². The number of carbonyl (C=O) groups excluding carboxylic acids is 3. The Labute approximate surface area is 189 Å². The van der Waals surface area contributed by atoms with Crippen LogP contribution in [0.4, 0.5) is 10.5 Å². The van der Waals surface area contributed by atoms with Crippen LogP contribution in [0.25, 0.3) is 0 Å². The van der Waals surface area contributed by atoms with Gasteiger partial charge in [0.15, 0.2) is 0 Å². The number of hydrogen-bond acceptors (Lipinski definition) is 7. The summed E-state index contributed by atoms with van der Waals surface area (Å²) in [6, 6.07) is 10.7. The number of rotatable bonds is 8. The van der Waals surface area contributed by atoms with Crippen molar-refractivity contribution >= 4 is 44.5 Å². The molecule has 2 aromatic carbocycles. The lowest BCUT2D eigenvalue weighted by atomic mass is 10.1. The molecule has 2 aliphatic rings. The molecule has 0 atom stereocenters. The Balaban J connectivity index is 1.54. The zero-order valence-corrected chi connectivity index (χ0v) is 18.8. The summed E-state index contributed by atoms with van der Waals surface area (Å²) in [5.74, 6) is -0.320. The van der Waals surface area contributed by atoms with Gasteiger partial charge in [-0.15, -0.1) is 0 Å². The first kappa shape index (κ1) is 22.3. The maximum absolute atomic E-state index is 12.9. The molecule has 0 aromatic heterocycles. The van der Waals surface area contributed by atoms with Gasteiger partial charge in [0, 0.05) is 11.6 Å². The van der Waals surface area contributed by atoms with Crippen LogP contribution < -0.4 is 14.8 Å². The van der Waals surface area contributed by atoms with E-state index in [1.54, 1.807) is 24.3 Å². The van der Waals surface area contributed by atoms with Crippen molar-refractivity contribution in [1.29, 1.82) is 0 Å². The lowest BCUT2D eigenvalue weighted by Gasteiger charge is -2.15.